The maximum Gasteiger partial charge on any atom is 0.0962 e. The average molecular weight is 533 g/mol. The zero-order valence-corrected chi connectivity index (χ0v) is 22.5. The summed E-state index contributed by atoms with van der Waals surface area (Å²) >= 11 is 0. The summed E-state index contributed by atoms with van der Waals surface area (Å²) in [6.45, 7) is 14.1. The Hall–Kier alpha value is -1.26. The van der Waals surface area contributed by atoms with Crippen molar-refractivity contribution in [2.45, 2.75) is 26.4 Å². The Morgan fingerprint density at radius 1 is 0.784 bits per heavy atom. The highest BCUT2D eigenvalue weighted by molar-refractivity contribution is 4.90. The lowest BCUT2D eigenvalue weighted by Gasteiger charge is -2.16. The van der Waals surface area contributed by atoms with E-state index in [0.717, 1.165) is 31.2 Å². The third kappa shape index (κ3) is 17.8. The van der Waals surface area contributed by atoms with Crippen molar-refractivity contribution in [2.24, 2.45) is 11.7 Å². The summed E-state index contributed by atoms with van der Waals surface area (Å²) in [6, 6.07) is 0. The number of hydrazine groups is 1. The lowest BCUT2D eigenvalue weighted by Crippen LogP contribution is -2.38. The molecule has 0 saturated carbocycles. The molecule has 1 aliphatic heterocycles. The van der Waals surface area contributed by atoms with Crippen LogP contribution in [0.3, 0.4) is 0 Å². The molecule has 0 aromatic carbocycles. The third-order valence-corrected chi connectivity index (χ3v) is 5.50. The van der Waals surface area contributed by atoms with Gasteiger partial charge in [0.2, 0.25) is 0 Å². The molecule has 1 aromatic rings. The van der Waals surface area contributed by atoms with Gasteiger partial charge in [-0.2, -0.15) is 0 Å². The first kappa shape index (κ1) is 32.0. The molecule has 37 heavy (non-hydrogen) atoms. The number of ether oxygens (including phenoxy) is 7. The summed E-state index contributed by atoms with van der Waals surface area (Å²) < 4.78 is 40.2. The van der Waals surface area contributed by atoms with Crippen LogP contribution < -0.4 is 11.2 Å². The lowest BCUT2D eigenvalue weighted by atomic mass is 10.2. The van der Waals surface area contributed by atoms with Gasteiger partial charge in [-0.3, -0.25) is 5.43 Å². The molecule has 216 valence electrons. The lowest BCUT2D eigenvalue weighted by molar-refractivity contribution is -0.0209. The standard InChI is InChI=1S/C24H48N6O7/c1-23-2-4-29(21-23)26-3-6-31-8-10-33-12-14-35-16-18-37-19-17-36-15-13-34-11-9-32-7-5-30-22-24(20-25)27-28-30/h22-23,26H,2-21,25H2,1H3/t23-/m0/s1. The van der Waals surface area contributed by atoms with Crippen LogP contribution in [0.2, 0.25) is 0 Å². The van der Waals surface area contributed by atoms with E-state index in [1.807, 2.05) is 6.20 Å². The van der Waals surface area contributed by atoms with Crippen molar-refractivity contribution in [1.29, 1.82) is 0 Å². The van der Waals surface area contributed by atoms with E-state index in [-0.39, 0.29) is 0 Å². The van der Waals surface area contributed by atoms with Crippen LogP contribution in [0, 0.1) is 5.92 Å². The molecule has 0 unspecified atom stereocenters. The molecule has 0 aliphatic carbocycles. The predicted molar refractivity (Wildman–Crippen MR) is 137 cm³/mol. The van der Waals surface area contributed by atoms with Gasteiger partial charge in [-0.1, -0.05) is 12.1 Å². The molecule has 3 N–H and O–H groups in total. The van der Waals surface area contributed by atoms with Crippen LogP contribution in [-0.4, -0.2) is 132 Å². The van der Waals surface area contributed by atoms with Crippen molar-refractivity contribution in [3.63, 3.8) is 0 Å². The highest BCUT2D eigenvalue weighted by Crippen LogP contribution is 2.11. The Morgan fingerprint density at radius 3 is 1.70 bits per heavy atom. The molecule has 0 amide bonds. The van der Waals surface area contributed by atoms with Gasteiger partial charge in [0.1, 0.15) is 0 Å². The smallest absolute Gasteiger partial charge is 0.0962 e. The van der Waals surface area contributed by atoms with Crippen LogP contribution in [0.5, 0.6) is 0 Å². The van der Waals surface area contributed by atoms with Crippen molar-refractivity contribution >= 4 is 0 Å². The number of aromatic nitrogens is 3. The second kappa shape index (κ2) is 22.7. The third-order valence-electron chi connectivity index (χ3n) is 5.50. The SMILES string of the molecule is C[C@H]1CCN(NCCOCCOCCOCCOCCOCCOCCOCCn2cc(CN)nn2)C1. The molecule has 13 heteroatoms. The van der Waals surface area contributed by atoms with E-state index in [9.17, 15) is 0 Å². The van der Waals surface area contributed by atoms with E-state index in [4.69, 9.17) is 38.9 Å². The van der Waals surface area contributed by atoms with E-state index in [1.165, 1.54) is 6.42 Å². The molecular weight excluding hydrogens is 484 g/mol. The van der Waals surface area contributed by atoms with Crippen molar-refractivity contribution in [1.82, 2.24) is 25.4 Å². The summed E-state index contributed by atoms with van der Waals surface area (Å²) in [5.74, 6) is 0.785. The second-order valence-corrected chi connectivity index (χ2v) is 8.71. The van der Waals surface area contributed by atoms with Gasteiger partial charge in [-0.15, -0.1) is 5.10 Å². The van der Waals surface area contributed by atoms with Crippen molar-refractivity contribution < 1.29 is 33.2 Å². The first-order chi connectivity index (χ1) is 18.3. The number of nitrogens with one attached hydrogen (secondary N) is 1. The molecule has 0 radical (unpaired) electrons. The molecule has 1 atom stereocenters. The molecule has 1 aromatic heterocycles. The van der Waals surface area contributed by atoms with Crippen LogP contribution in [-0.2, 0) is 46.2 Å². The fourth-order valence-corrected chi connectivity index (χ4v) is 3.48. The van der Waals surface area contributed by atoms with E-state index in [2.05, 4.69) is 27.7 Å². The van der Waals surface area contributed by atoms with Gasteiger partial charge in [0.15, 0.2) is 0 Å². The summed E-state index contributed by atoms with van der Waals surface area (Å²) in [7, 11) is 0. The Bertz CT molecular complexity index is 642. The summed E-state index contributed by atoms with van der Waals surface area (Å²) in [5.41, 5.74) is 9.66. The van der Waals surface area contributed by atoms with Crippen molar-refractivity contribution in [2.75, 3.05) is 112 Å². The van der Waals surface area contributed by atoms with Crippen LogP contribution in [0.1, 0.15) is 19.0 Å². The first-order valence-electron chi connectivity index (χ1n) is 13.4. The minimum atomic E-state index is 0.391. The Labute approximate surface area is 221 Å². The highest BCUT2D eigenvalue weighted by atomic mass is 16.6. The topological polar surface area (TPSA) is 137 Å². The molecule has 13 nitrogen and oxygen atoms in total. The normalized spacial score (nSPS) is 16.2. The van der Waals surface area contributed by atoms with Crippen LogP contribution in [0.25, 0.3) is 0 Å². The molecule has 2 rings (SSSR count). The van der Waals surface area contributed by atoms with Crippen molar-refractivity contribution in [3.05, 3.63) is 11.9 Å². The first-order valence-corrected chi connectivity index (χ1v) is 13.4. The summed E-state index contributed by atoms with van der Waals surface area (Å²) in [6.07, 6.45) is 3.09. The molecule has 0 bridgehead atoms. The van der Waals surface area contributed by atoms with Gasteiger partial charge < -0.3 is 38.9 Å². The van der Waals surface area contributed by atoms with Gasteiger partial charge in [0.05, 0.1) is 105 Å². The monoisotopic (exact) mass is 532 g/mol. The average Bonchev–Trinajstić information content (AvgIpc) is 3.55. The molecule has 1 fully saturated rings. The molecular formula is C24H48N6O7. The number of rotatable bonds is 26. The van der Waals surface area contributed by atoms with Gasteiger partial charge in [-0.05, 0) is 12.3 Å². The molecule has 1 saturated heterocycles. The van der Waals surface area contributed by atoms with Crippen molar-refractivity contribution in [3.8, 4) is 0 Å². The molecule has 2 heterocycles. The van der Waals surface area contributed by atoms with Gasteiger partial charge >= 0.3 is 0 Å². The predicted octanol–water partition coefficient (Wildman–Crippen LogP) is -0.301. The quantitative estimate of drug-likeness (QED) is 0.152. The second-order valence-electron chi connectivity index (χ2n) is 8.71. The summed E-state index contributed by atoms with van der Waals surface area (Å²) in [5, 5.41) is 10.2. The fourth-order valence-electron chi connectivity index (χ4n) is 3.48. The fraction of sp³-hybridized carbons (Fsp3) is 0.917. The number of hydrogen-bond acceptors (Lipinski definition) is 12. The molecule has 1 aliphatic rings. The summed E-state index contributed by atoms with van der Waals surface area (Å²) in [4.78, 5) is 0. The number of nitrogens with zero attached hydrogens (tertiary/aromatic N) is 4. The minimum absolute atomic E-state index is 0.391. The highest BCUT2D eigenvalue weighted by Gasteiger charge is 2.17. The van der Waals surface area contributed by atoms with Crippen LogP contribution >= 0.6 is 0 Å². The Kier molecular flexibility index (Phi) is 19.6. The van der Waals surface area contributed by atoms with Gasteiger partial charge in [0, 0.05) is 32.4 Å². The van der Waals surface area contributed by atoms with Gasteiger partial charge in [-0.25, -0.2) is 9.69 Å². The maximum absolute atomic E-state index is 5.56. The number of nitrogens with two attached hydrogens (primary N) is 1. The van der Waals surface area contributed by atoms with E-state index < -0.39 is 0 Å². The Balaban J connectivity index is 1.17. The zero-order chi connectivity index (χ0) is 26.2. The van der Waals surface area contributed by atoms with Crippen LogP contribution in [0.15, 0.2) is 6.20 Å². The van der Waals surface area contributed by atoms with Gasteiger partial charge in [0.25, 0.3) is 0 Å². The van der Waals surface area contributed by atoms with E-state index >= 15 is 0 Å². The van der Waals surface area contributed by atoms with E-state index in [0.29, 0.717) is 106 Å². The largest absolute Gasteiger partial charge is 0.378 e. The maximum atomic E-state index is 5.56. The van der Waals surface area contributed by atoms with Crippen LogP contribution in [0.4, 0.5) is 0 Å². The minimum Gasteiger partial charge on any atom is -0.378 e. The molecule has 0 spiro atoms. The van der Waals surface area contributed by atoms with E-state index in [1.54, 1.807) is 4.68 Å². The Morgan fingerprint density at radius 2 is 1.27 bits per heavy atom. The number of hydrogen-bond donors (Lipinski definition) is 2. The zero-order valence-electron chi connectivity index (χ0n) is 22.5.